The van der Waals surface area contributed by atoms with E-state index in [1.165, 1.54) is 25.7 Å². The summed E-state index contributed by atoms with van der Waals surface area (Å²) in [7, 11) is 0. The van der Waals surface area contributed by atoms with Crippen LogP contribution in [-0.2, 0) is 0 Å². The first-order chi connectivity index (χ1) is 9.78. The van der Waals surface area contributed by atoms with E-state index in [0.717, 1.165) is 23.8 Å². The first-order valence-electron chi connectivity index (χ1n) is 7.64. The third-order valence-electron chi connectivity index (χ3n) is 3.86. The van der Waals surface area contributed by atoms with E-state index in [1.54, 1.807) is 0 Å². The fourth-order valence-corrected chi connectivity index (χ4v) is 2.59. The number of hydrogen-bond acceptors (Lipinski definition) is 3. The van der Waals surface area contributed by atoms with Crippen molar-refractivity contribution in [2.45, 2.75) is 51.5 Å². The molecule has 108 valence electrons. The Bertz CT molecular complexity index is 449. The van der Waals surface area contributed by atoms with Crippen LogP contribution in [0.4, 0.5) is 5.69 Å². The lowest BCUT2D eigenvalue weighted by atomic mass is 9.81. The van der Waals surface area contributed by atoms with Gasteiger partial charge in [-0.25, -0.2) is 0 Å². The summed E-state index contributed by atoms with van der Waals surface area (Å²) in [4.78, 5) is 0. The molecule has 1 aromatic carbocycles. The van der Waals surface area contributed by atoms with E-state index >= 15 is 0 Å². The van der Waals surface area contributed by atoms with Crippen molar-refractivity contribution in [1.82, 2.24) is 0 Å². The third kappa shape index (κ3) is 4.77. The molecule has 0 heterocycles. The Morgan fingerprint density at radius 2 is 2.30 bits per heavy atom. The van der Waals surface area contributed by atoms with Gasteiger partial charge in [0.05, 0.1) is 12.7 Å². The van der Waals surface area contributed by atoms with Crippen LogP contribution in [0.2, 0.25) is 0 Å². The molecule has 0 saturated heterocycles. The van der Waals surface area contributed by atoms with Crippen LogP contribution in [-0.4, -0.2) is 12.6 Å². The Kier molecular flexibility index (Phi) is 5.73. The topological polar surface area (TPSA) is 45.0 Å². The lowest BCUT2D eigenvalue weighted by Gasteiger charge is -2.29. The van der Waals surface area contributed by atoms with Gasteiger partial charge in [-0.1, -0.05) is 25.3 Å². The Balaban J connectivity index is 1.77. The van der Waals surface area contributed by atoms with Crippen molar-refractivity contribution >= 4 is 5.69 Å². The van der Waals surface area contributed by atoms with Crippen LogP contribution in [0.3, 0.4) is 0 Å². The van der Waals surface area contributed by atoms with Crippen molar-refractivity contribution in [3.05, 3.63) is 24.3 Å². The van der Waals surface area contributed by atoms with Gasteiger partial charge in [0.15, 0.2) is 0 Å². The largest absolute Gasteiger partial charge is 0.493 e. The van der Waals surface area contributed by atoms with Crippen molar-refractivity contribution in [1.29, 1.82) is 5.26 Å². The van der Waals surface area contributed by atoms with E-state index < -0.39 is 0 Å². The molecule has 1 fully saturated rings. The van der Waals surface area contributed by atoms with Gasteiger partial charge in [0, 0.05) is 24.2 Å². The summed E-state index contributed by atoms with van der Waals surface area (Å²) >= 11 is 0. The summed E-state index contributed by atoms with van der Waals surface area (Å²) in [5.74, 6) is 1.80. The van der Waals surface area contributed by atoms with Crippen LogP contribution in [0, 0.1) is 17.2 Å². The summed E-state index contributed by atoms with van der Waals surface area (Å²) in [5.41, 5.74) is 1.12. The van der Waals surface area contributed by atoms with Crippen molar-refractivity contribution in [2.75, 3.05) is 11.9 Å². The second-order valence-corrected chi connectivity index (χ2v) is 5.72. The Labute approximate surface area is 121 Å². The quantitative estimate of drug-likeness (QED) is 0.715. The molecule has 0 radical (unpaired) electrons. The number of anilines is 1. The molecule has 2 rings (SSSR count). The first-order valence-corrected chi connectivity index (χ1v) is 7.64. The highest BCUT2D eigenvalue weighted by Gasteiger charge is 2.19. The van der Waals surface area contributed by atoms with Gasteiger partial charge < -0.3 is 10.1 Å². The molecule has 0 aromatic heterocycles. The maximum Gasteiger partial charge on any atom is 0.121 e. The number of nitrogens with zero attached hydrogens (tertiary/aromatic N) is 1. The van der Waals surface area contributed by atoms with Gasteiger partial charge in [-0.3, -0.25) is 0 Å². The molecule has 20 heavy (non-hydrogen) atoms. The van der Waals surface area contributed by atoms with Crippen molar-refractivity contribution < 1.29 is 4.74 Å². The van der Waals surface area contributed by atoms with E-state index in [-0.39, 0.29) is 0 Å². The number of nitriles is 1. The van der Waals surface area contributed by atoms with E-state index in [4.69, 9.17) is 10.00 Å². The SMILES string of the molecule is CC(CC1CCC1)Nc1cccc(OCCCC#N)c1. The van der Waals surface area contributed by atoms with Gasteiger partial charge in [-0.15, -0.1) is 0 Å². The van der Waals surface area contributed by atoms with Crippen molar-refractivity contribution in [3.63, 3.8) is 0 Å². The summed E-state index contributed by atoms with van der Waals surface area (Å²) in [6.45, 7) is 2.85. The van der Waals surface area contributed by atoms with Gasteiger partial charge in [0.25, 0.3) is 0 Å². The van der Waals surface area contributed by atoms with Crippen LogP contribution >= 0.6 is 0 Å². The highest BCUT2D eigenvalue weighted by Crippen LogP contribution is 2.31. The van der Waals surface area contributed by atoms with E-state index in [9.17, 15) is 0 Å². The molecule has 3 heteroatoms. The average Bonchev–Trinajstić information content (AvgIpc) is 2.40. The fraction of sp³-hybridized carbons (Fsp3) is 0.588. The van der Waals surface area contributed by atoms with E-state index in [1.807, 2.05) is 18.2 Å². The Hall–Kier alpha value is -1.69. The molecule has 1 aliphatic rings. The van der Waals surface area contributed by atoms with Gasteiger partial charge in [-0.05, 0) is 37.8 Å². The zero-order valence-electron chi connectivity index (χ0n) is 12.3. The van der Waals surface area contributed by atoms with Crippen molar-refractivity contribution in [2.24, 2.45) is 5.92 Å². The minimum absolute atomic E-state index is 0.508. The first kappa shape index (κ1) is 14.7. The molecule has 1 aromatic rings. The molecular formula is C17H24N2O. The van der Waals surface area contributed by atoms with Gasteiger partial charge in [0.2, 0.25) is 0 Å². The molecule has 0 spiro atoms. The molecule has 0 amide bonds. The molecule has 1 atom stereocenters. The molecule has 0 aliphatic heterocycles. The molecule has 1 N–H and O–H groups in total. The summed E-state index contributed by atoms with van der Waals surface area (Å²) in [6, 6.07) is 10.7. The normalized spacial score (nSPS) is 16.0. The molecular weight excluding hydrogens is 248 g/mol. The fourth-order valence-electron chi connectivity index (χ4n) is 2.59. The van der Waals surface area contributed by atoms with Crippen LogP contribution in [0.15, 0.2) is 24.3 Å². The minimum atomic E-state index is 0.508. The molecule has 0 bridgehead atoms. The lowest BCUT2D eigenvalue weighted by molar-refractivity contribution is 0.285. The van der Waals surface area contributed by atoms with Gasteiger partial charge >= 0.3 is 0 Å². The average molecular weight is 272 g/mol. The summed E-state index contributed by atoms with van der Waals surface area (Å²) < 4.78 is 5.65. The maximum atomic E-state index is 8.49. The number of nitrogens with one attached hydrogen (secondary N) is 1. The second kappa shape index (κ2) is 7.79. The second-order valence-electron chi connectivity index (χ2n) is 5.72. The van der Waals surface area contributed by atoms with Crippen LogP contribution in [0.25, 0.3) is 0 Å². The molecule has 1 aliphatic carbocycles. The minimum Gasteiger partial charge on any atom is -0.493 e. The third-order valence-corrected chi connectivity index (χ3v) is 3.86. The molecule has 3 nitrogen and oxygen atoms in total. The van der Waals surface area contributed by atoms with Crippen molar-refractivity contribution in [3.8, 4) is 11.8 Å². The predicted octanol–water partition coefficient (Wildman–Crippen LogP) is 4.36. The zero-order valence-corrected chi connectivity index (χ0v) is 12.3. The lowest BCUT2D eigenvalue weighted by Crippen LogP contribution is -2.23. The van der Waals surface area contributed by atoms with Crippen LogP contribution < -0.4 is 10.1 Å². The standard InChI is InChI=1S/C17H24N2O/c1-14(12-15-6-4-7-15)19-16-8-5-9-17(13-16)20-11-3-2-10-18/h5,8-9,13-15,19H,2-4,6-7,11-12H2,1H3. The summed E-state index contributed by atoms with van der Waals surface area (Å²) in [6.07, 6.45) is 6.79. The predicted molar refractivity (Wildman–Crippen MR) is 81.8 cm³/mol. The molecule has 1 saturated carbocycles. The van der Waals surface area contributed by atoms with E-state index in [0.29, 0.717) is 19.1 Å². The number of benzene rings is 1. The monoisotopic (exact) mass is 272 g/mol. The van der Waals surface area contributed by atoms with Gasteiger partial charge in [0.1, 0.15) is 5.75 Å². The Morgan fingerprint density at radius 3 is 3.00 bits per heavy atom. The molecule has 1 unspecified atom stereocenters. The number of hydrogen-bond donors (Lipinski definition) is 1. The van der Waals surface area contributed by atoms with Crippen LogP contribution in [0.5, 0.6) is 5.75 Å². The highest BCUT2D eigenvalue weighted by atomic mass is 16.5. The number of rotatable bonds is 8. The number of ether oxygens (including phenoxy) is 1. The smallest absolute Gasteiger partial charge is 0.121 e. The van der Waals surface area contributed by atoms with E-state index in [2.05, 4.69) is 24.4 Å². The maximum absolute atomic E-state index is 8.49. The van der Waals surface area contributed by atoms with Gasteiger partial charge in [-0.2, -0.15) is 5.26 Å². The zero-order chi connectivity index (χ0) is 14.2. The summed E-state index contributed by atoms with van der Waals surface area (Å²) in [5, 5.41) is 12.0. The number of unbranched alkanes of at least 4 members (excludes halogenated alkanes) is 1. The van der Waals surface area contributed by atoms with Crippen LogP contribution in [0.1, 0.15) is 45.4 Å². The Morgan fingerprint density at radius 1 is 1.45 bits per heavy atom. The highest BCUT2D eigenvalue weighted by molar-refractivity contribution is 5.48.